The molecule has 80 valence electrons. The van der Waals surface area contributed by atoms with Crippen molar-refractivity contribution in [1.29, 1.82) is 0 Å². The summed E-state index contributed by atoms with van der Waals surface area (Å²) in [7, 11) is 0. The fourth-order valence-corrected chi connectivity index (χ4v) is 2.46. The number of hydrogen-bond acceptors (Lipinski definition) is 1. The van der Waals surface area contributed by atoms with E-state index in [0.717, 1.165) is 5.56 Å². The van der Waals surface area contributed by atoms with E-state index >= 15 is 0 Å². The fraction of sp³-hybridized carbons (Fsp3) is 0.417. The maximum Gasteiger partial charge on any atom is 0.314 e. The molecular weight excluding hydrogens is 212 g/mol. The Balaban J connectivity index is 2.45. The largest absolute Gasteiger partial charge is 0.481 e. The van der Waals surface area contributed by atoms with Gasteiger partial charge >= 0.3 is 5.97 Å². The highest BCUT2D eigenvalue weighted by Crippen LogP contribution is 2.64. The summed E-state index contributed by atoms with van der Waals surface area (Å²) in [6.07, 6.45) is 0.691. The highest BCUT2D eigenvalue weighted by molar-refractivity contribution is 6.30. The average molecular weight is 225 g/mol. The van der Waals surface area contributed by atoms with Crippen LogP contribution in [0.15, 0.2) is 24.3 Å². The summed E-state index contributed by atoms with van der Waals surface area (Å²) < 4.78 is 0. The first-order valence-corrected chi connectivity index (χ1v) is 5.27. The molecule has 0 heterocycles. The van der Waals surface area contributed by atoms with Gasteiger partial charge < -0.3 is 5.11 Å². The summed E-state index contributed by atoms with van der Waals surface area (Å²) in [5, 5.41) is 9.97. The molecule has 3 heteroatoms. The molecule has 2 rings (SSSR count). The molecule has 0 aromatic heterocycles. The van der Waals surface area contributed by atoms with Crippen LogP contribution in [0.25, 0.3) is 0 Å². The van der Waals surface area contributed by atoms with Crippen LogP contribution in [0.5, 0.6) is 0 Å². The molecular formula is C12H13ClO2. The van der Waals surface area contributed by atoms with Gasteiger partial charge in [0.25, 0.3) is 0 Å². The van der Waals surface area contributed by atoms with Crippen molar-refractivity contribution in [3.63, 3.8) is 0 Å². The Morgan fingerprint density at radius 1 is 1.33 bits per heavy atom. The molecule has 1 unspecified atom stereocenters. The van der Waals surface area contributed by atoms with Gasteiger partial charge in [0.15, 0.2) is 0 Å². The quantitative estimate of drug-likeness (QED) is 0.838. The lowest BCUT2D eigenvalue weighted by Gasteiger charge is -2.15. The lowest BCUT2D eigenvalue weighted by molar-refractivity contribution is -0.141. The third kappa shape index (κ3) is 1.36. The van der Waals surface area contributed by atoms with E-state index < -0.39 is 11.4 Å². The smallest absolute Gasteiger partial charge is 0.314 e. The van der Waals surface area contributed by atoms with Crippen LogP contribution in [-0.2, 0) is 10.2 Å². The van der Waals surface area contributed by atoms with Crippen LogP contribution < -0.4 is 0 Å². The van der Waals surface area contributed by atoms with Crippen molar-refractivity contribution >= 4 is 17.6 Å². The van der Waals surface area contributed by atoms with Crippen molar-refractivity contribution in [3.8, 4) is 0 Å². The molecule has 1 saturated carbocycles. The monoisotopic (exact) mass is 224 g/mol. The second-order valence-electron chi connectivity index (χ2n) is 4.78. The minimum absolute atomic E-state index is 0.160. The zero-order chi connectivity index (χ0) is 11.3. The van der Waals surface area contributed by atoms with Gasteiger partial charge in [-0.2, -0.15) is 0 Å². The number of carboxylic acids is 1. The van der Waals surface area contributed by atoms with Gasteiger partial charge in [-0.25, -0.2) is 0 Å². The van der Waals surface area contributed by atoms with E-state index in [1.165, 1.54) is 0 Å². The minimum atomic E-state index is -0.741. The van der Waals surface area contributed by atoms with Crippen LogP contribution in [0, 0.1) is 5.41 Å². The van der Waals surface area contributed by atoms with Crippen molar-refractivity contribution in [2.75, 3.05) is 0 Å². The van der Waals surface area contributed by atoms with Crippen LogP contribution in [-0.4, -0.2) is 11.1 Å². The van der Waals surface area contributed by atoms with Crippen molar-refractivity contribution in [2.45, 2.75) is 25.7 Å². The second kappa shape index (κ2) is 2.99. The van der Waals surface area contributed by atoms with Crippen LogP contribution in [0.1, 0.15) is 25.8 Å². The van der Waals surface area contributed by atoms with Gasteiger partial charge in [-0.05, 0) is 29.5 Å². The van der Waals surface area contributed by atoms with Crippen LogP contribution in [0.3, 0.4) is 0 Å². The van der Waals surface area contributed by atoms with Crippen LogP contribution in [0.2, 0.25) is 5.02 Å². The summed E-state index contributed by atoms with van der Waals surface area (Å²) >= 11 is 5.79. The van der Waals surface area contributed by atoms with E-state index in [1.807, 2.05) is 26.0 Å². The van der Waals surface area contributed by atoms with Gasteiger partial charge in [0.05, 0.1) is 5.41 Å². The maximum atomic E-state index is 11.4. The predicted molar refractivity (Wildman–Crippen MR) is 59.2 cm³/mol. The number of halogens is 1. The fourth-order valence-electron chi connectivity index (χ4n) is 2.33. The zero-order valence-electron chi connectivity index (χ0n) is 8.75. The Kier molecular flexibility index (Phi) is 2.09. The van der Waals surface area contributed by atoms with E-state index in [2.05, 4.69) is 0 Å². The van der Waals surface area contributed by atoms with E-state index in [-0.39, 0.29) is 5.41 Å². The van der Waals surface area contributed by atoms with E-state index in [0.29, 0.717) is 11.4 Å². The number of hydrogen-bond donors (Lipinski definition) is 1. The number of rotatable bonds is 2. The molecule has 1 aromatic rings. The first-order chi connectivity index (χ1) is 6.90. The molecule has 1 aliphatic rings. The number of carboxylic acid groups (broad SMARTS) is 1. The SMILES string of the molecule is CC1(C)CC1(C(=O)O)c1ccc(Cl)cc1. The van der Waals surface area contributed by atoms with Crippen LogP contribution >= 0.6 is 11.6 Å². The lowest BCUT2D eigenvalue weighted by Crippen LogP contribution is -2.25. The summed E-state index contributed by atoms with van der Waals surface area (Å²) in [5.41, 5.74) is -0.0195. The molecule has 15 heavy (non-hydrogen) atoms. The summed E-state index contributed by atoms with van der Waals surface area (Å²) in [6.45, 7) is 3.96. The Morgan fingerprint density at radius 3 is 2.13 bits per heavy atom. The first kappa shape index (κ1) is 10.5. The molecule has 2 nitrogen and oxygen atoms in total. The van der Waals surface area contributed by atoms with Crippen molar-refractivity contribution in [2.24, 2.45) is 5.41 Å². The van der Waals surface area contributed by atoms with Crippen LogP contribution in [0.4, 0.5) is 0 Å². The standard InChI is InChI=1S/C12H13ClO2/c1-11(2)7-12(11,10(14)15)8-3-5-9(13)6-4-8/h3-6H,7H2,1-2H3,(H,14,15). The van der Waals surface area contributed by atoms with Gasteiger partial charge in [0.2, 0.25) is 0 Å². The van der Waals surface area contributed by atoms with E-state index in [1.54, 1.807) is 12.1 Å². The normalized spacial score (nSPS) is 27.4. The Labute approximate surface area is 93.9 Å². The molecule has 0 saturated heterocycles. The van der Waals surface area contributed by atoms with Crippen molar-refractivity contribution in [1.82, 2.24) is 0 Å². The summed E-state index contributed by atoms with van der Waals surface area (Å²) in [4.78, 5) is 11.4. The highest BCUT2D eigenvalue weighted by Gasteiger charge is 2.67. The molecule has 1 N–H and O–H groups in total. The lowest BCUT2D eigenvalue weighted by atomic mass is 9.88. The van der Waals surface area contributed by atoms with E-state index in [9.17, 15) is 9.90 Å². The first-order valence-electron chi connectivity index (χ1n) is 4.90. The molecule has 0 bridgehead atoms. The Bertz CT molecular complexity index is 408. The molecule has 1 aromatic carbocycles. The number of carbonyl (C=O) groups is 1. The minimum Gasteiger partial charge on any atom is -0.481 e. The Morgan fingerprint density at radius 2 is 1.80 bits per heavy atom. The topological polar surface area (TPSA) is 37.3 Å². The van der Waals surface area contributed by atoms with Crippen molar-refractivity contribution in [3.05, 3.63) is 34.9 Å². The molecule has 0 amide bonds. The third-order valence-electron chi connectivity index (χ3n) is 3.44. The molecule has 0 radical (unpaired) electrons. The van der Waals surface area contributed by atoms with Gasteiger partial charge in [-0.1, -0.05) is 37.6 Å². The molecule has 0 aliphatic heterocycles. The predicted octanol–water partition coefficient (Wildman–Crippen LogP) is 3.09. The van der Waals surface area contributed by atoms with Gasteiger partial charge in [0.1, 0.15) is 0 Å². The van der Waals surface area contributed by atoms with Crippen molar-refractivity contribution < 1.29 is 9.90 Å². The average Bonchev–Trinajstić information content (AvgIpc) is 2.72. The zero-order valence-corrected chi connectivity index (χ0v) is 9.51. The summed E-state index contributed by atoms with van der Waals surface area (Å²) in [5.74, 6) is -0.741. The van der Waals surface area contributed by atoms with Gasteiger partial charge in [0, 0.05) is 5.02 Å². The molecule has 1 aliphatic carbocycles. The molecule has 0 spiro atoms. The van der Waals surface area contributed by atoms with E-state index in [4.69, 9.17) is 11.6 Å². The molecule has 1 fully saturated rings. The third-order valence-corrected chi connectivity index (χ3v) is 3.69. The maximum absolute atomic E-state index is 11.4. The molecule has 1 atom stereocenters. The van der Waals surface area contributed by atoms with Gasteiger partial charge in [-0.15, -0.1) is 0 Å². The van der Waals surface area contributed by atoms with Gasteiger partial charge in [-0.3, -0.25) is 4.79 Å². The highest BCUT2D eigenvalue weighted by atomic mass is 35.5. The Hall–Kier alpha value is -1.02. The second-order valence-corrected chi connectivity index (χ2v) is 5.21. The summed E-state index contributed by atoms with van der Waals surface area (Å²) in [6, 6.07) is 7.11. The number of benzene rings is 1. The number of aliphatic carboxylic acids is 1.